The molecule has 3 heteroatoms. The number of aromatic nitrogens is 2. The first-order chi connectivity index (χ1) is 6.50. The van der Waals surface area contributed by atoms with E-state index < -0.39 is 0 Å². The fourth-order valence-electron chi connectivity index (χ4n) is 1.62. The van der Waals surface area contributed by atoms with Crippen molar-refractivity contribution in [1.29, 1.82) is 0 Å². The maximum Gasteiger partial charge on any atom is 0.125 e. The molecule has 1 atom stereocenters. The molecule has 80 valence electrons. The highest BCUT2D eigenvalue weighted by atomic mass is 15.1. The van der Waals surface area contributed by atoms with Gasteiger partial charge in [-0.05, 0) is 25.7 Å². The molecule has 1 aromatic heterocycles. The van der Waals surface area contributed by atoms with Crippen molar-refractivity contribution in [3.63, 3.8) is 0 Å². The second kappa shape index (κ2) is 4.60. The molecule has 0 amide bonds. The average molecular weight is 195 g/mol. The van der Waals surface area contributed by atoms with Crippen molar-refractivity contribution in [2.75, 3.05) is 0 Å². The van der Waals surface area contributed by atoms with Crippen LogP contribution in [0.4, 0.5) is 0 Å². The Balaban J connectivity index is 2.60. The molecule has 1 rings (SSSR count). The molecule has 0 bridgehead atoms. The van der Waals surface area contributed by atoms with Gasteiger partial charge in [0, 0.05) is 13.2 Å². The summed E-state index contributed by atoms with van der Waals surface area (Å²) in [5.41, 5.74) is 7.12. The lowest BCUT2D eigenvalue weighted by atomic mass is 10.0. The van der Waals surface area contributed by atoms with E-state index >= 15 is 0 Å². The third kappa shape index (κ3) is 2.84. The second-order valence-electron chi connectivity index (χ2n) is 4.43. The zero-order chi connectivity index (χ0) is 10.7. The maximum absolute atomic E-state index is 6.07. The Morgan fingerprint density at radius 1 is 1.43 bits per heavy atom. The lowest BCUT2D eigenvalue weighted by Gasteiger charge is -2.12. The van der Waals surface area contributed by atoms with Gasteiger partial charge in [0.05, 0.1) is 11.7 Å². The van der Waals surface area contributed by atoms with Crippen molar-refractivity contribution in [3.8, 4) is 0 Å². The number of imidazole rings is 1. The van der Waals surface area contributed by atoms with Gasteiger partial charge in [-0.2, -0.15) is 0 Å². The Kier molecular flexibility index (Phi) is 3.69. The van der Waals surface area contributed by atoms with Gasteiger partial charge in [0.2, 0.25) is 0 Å². The van der Waals surface area contributed by atoms with Gasteiger partial charge < -0.3 is 10.3 Å². The normalized spacial score (nSPS) is 13.6. The van der Waals surface area contributed by atoms with Gasteiger partial charge in [0.15, 0.2) is 0 Å². The molecule has 1 aromatic rings. The standard InChI is InChI=1S/C11H21N3/c1-8(2)5-6-10(12)11-13-9(3)7-14(11)4/h7-8,10H,5-6,12H2,1-4H3. The molecule has 3 nitrogen and oxygen atoms in total. The molecule has 0 saturated carbocycles. The zero-order valence-corrected chi connectivity index (χ0v) is 9.62. The van der Waals surface area contributed by atoms with Crippen LogP contribution in [0, 0.1) is 12.8 Å². The zero-order valence-electron chi connectivity index (χ0n) is 9.62. The topological polar surface area (TPSA) is 43.8 Å². The molecule has 1 unspecified atom stereocenters. The largest absolute Gasteiger partial charge is 0.336 e. The van der Waals surface area contributed by atoms with E-state index in [-0.39, 0.29) is 6.04 Å². The fraction of sp³-hybridized carbons (Fsp3) is 0.727. The summed E-state index contributed by atoms with van der Waals surface area (Å²) in [4.78, 5) is 4.43. The molecule has 0 saturated heterocycles. The van der Waals surface area contributed by atoms with Crippen molar-refractivity contribution in [2.24, 2.45) is 18.7 Å². The van der Waals surface area contributed by atoms with Gasteiger partial charge in [-0.1, -0.05) is 13.8 Å². The van der Waals surface area contributed by atoms with Crippen LogP contribution in [0.3, 0.4) is 0 Å². The first-order valence-electron chi connectivity index (χ1n) is 5.26. The molecular formula is C11H21N3. The van der Waals surface area contributed by atoms with Gasteiger partial charge in [0.25, 0.3) is 0 Å². The van der Waals surface area contributed by atoms with E-state index in [1.807, 2.05) is 24.7 Å². The first-order valence-corrected chi connectivity index (χ1v) is 5.26. The summed E-state index contributed by atoms with van der Waals surface area (Å²) < 4.78 is 2.03. The quantitative estimate of drug-likeness (QED) is 0.800. The van der Waals surface area contributed by atoms with E-state index in [1.54, 1.807) is 0 Å². The van der Waals surface area contributed by atoms with Crippen LogP contribution in [0.2, 0.25) is 0 Å². The molecule has 0 aromatic carbocycles. The van der Waals surface area contributed by atoms with Gasteiger partial charge in [-0.15, -0.1) is 0 Å². The molecule has 0 spiro atoms. The van der Waals surface area contributed by atoms with Crippen molar-refractivity contribution in [1.82, 2.24) is 9.55 Å². The molecule has 0 aliphatic carbocycles. The minimum absolute atomic E-state index is 0.0797. The Bertz CT molecular complexity index is 289. The molecule has 0 aliphatic heterocycles. The van der Waals surface area contributed by atoms with E-state index in [9.17, 15) is 0 Å². The maximum atomic E-state index is 6.07. The van der Waals surface area contributed by atoms with Crippen LogP contribution in [-0.2, 0) is 7.05 Å². The number of rotatable bonds is 4. The number of hydrogen-bond acceptors (Lipinski definition) is 2. The molecule has 14 heavy (non-hydrogen) atoms. The number of hydrogen-bond donors (Lipinski definition) is 1. The van der Waals surface area contributed by atoms with Gasteiger partial charge in [-0.3, -0.25) is 0 Å². The summed E-state index contributed by atoms with van der Waals surface area (Å²) in [6, 6.07) is 0.0797. The van der Waals surface area contributed by atoms with Crippen LogP contribution in [0.25, 0.3) is 0 Å². The van der Waals surface area contributed by atoms with Gasteiger partial charge >= 0.3 is 0 Å². The number of nitrogens with zero attached hydrogens (tertiary/aromatic N) is 2. The summed E-state index contributed by atoms with van der Waals surface area (Å²) in [5, 5.41) is 0. The van der Waals surface area contributed by atoms with Crippen LogP contribution in [-0.4, -0.2) is 9.55 Å². The van der Waals surface area contributed by atoms with E-state index in [1.165, 1.54) is 0 Å². The summed E-state index contributed by atoms with van der Waals surface area (Å²) in [6.07, 6.45) is 4.19. The highest BCUT2D eigenvalue weighted by molar-refractivity contribution is 5.05. The van der Waals surface area contributed by atoms with Crippen LogP contribution >= 0.6 is 0 Å². The molecule has 0 aliphatic rings. The van der Waals surface area contributed by atoms with E-state index in [4.69, 9.17) is 5.73 Å². The Morgan fingerprint density at radius 2 is 2.07 bits per heavy atom. The average Bonchev–Trinajstić information content (AvgIpc) is 2.41. The van der Waals surface area contributed by atoms with Crippen molar-refractivity contribution in [2.45, 2.75) is 39.7 Å². The lowest BCUT2D eigenvalue weighted by Crippen LogP contribution is -2.15. The van der Waals surface area contributed by atoms with E-state index in [2.05, 4.69) is 18.8 Å². The molecule has 0 radical (unpaired) electrons. The Hall–Kier alpha value is -0.830. The monoisotopic (exact) mass is 195 g/mol. The van der Waals surface area contributed by atoms with Crippen molar-refractivity contribution in [3.05, 3.63) is 17.7 Å². The van der Waals surface area contributed by atoms with Crippen LogP contribution < -0.4 is 5.73 Å². The molecule has 0 fully saturated rings. The minimum atomic E-state index is 0.0797. The Morgan fingerprint density at radius 3 is 2.50 bits per heavy atom. The molecule has 2 N–H and O–H groups in total. The first kappa shape index (κ1) is 11.2. The van der Waals surface area contributed by atoms with Gasteiger partial charge in [-0.25, -0.2) is 4.98 Å². The molecular weight excluding hydrogens is 174 g/mol. The molecule has 1 heterocycles. The predicted octanol–water partition coefficient (Wildman–Crippen LogP) is 2.16. The van der Waals surface area contributed by atoms with Crippen LogP contribution in [0.1, 0.15) is 44.2 Å². The lowest BCUT2D eigenvalue weighted by molar-refractivity contribution is 0.487. The Labute approximate surface area is 86.3 Å². The van der Waals surface area contributed by atoms with Gasteiger partial charge in [0.1, 0.15) is 5.82 Å². The minimum Gasteiger partial charge on any atom is -0.336 e. The third-order valence-corrected chi connectivity index (χ3v) is 2.42. The van der Waals surface area contributed by atoms with E-state index in [0.29, 0.717) is 5.92 Å². The summed E-state index contributed by atoms with van der Waals surface area (Å²) in [6.45, 7) is 6.44. The smallest absolute Gasteiger partial charge is 0.125 e. The number of nitrogens with two attached hydrogens (primary N) is 1. The van der Waals surface area contributed by atoms with Crippen LogP contribution in [0.5, 0.6) is 0 Å². The summed E-state index contributed by atoms with van der Waals surface area (Å²) in [5.74, 6) is 1.71. The second-order valence-corrected chi connectivity index (χ2v) is 4.43. The van der Waals surface area contributed by atoms with E-state index in [0.717, 1.165) is 24.4 Å². The summed E-state index contributed by atoms with van der Waals surface area (Å²) >= 11 is 0. The fourth-order valence-corrected chi connectivity index (χ4v) is 1.62. The van der Waals surface area contributed by atoms with Crippen LogP contribution in [0.15, 0.2) is 6.20 Å². The third-order valence-electron chi connectivity index (χ3n) is 2.42. The SMILES string of the molecule is Cc1cn(C)c(C(N)CCC(C)C)n1. The number of aryl methyl sites for hydroxylation is 2. The highest BCUT2D eigenvalue weighted by Crippen LogP contribution is 2.17. The van der Waals surface area contributed by atoms with Crippen molar-refractivity contribution < 1.29 is 0 Å². The van der Waals surface area contributed by atoms with Crippen molar-refractivity contribution >= 4 is 0 Å². The highest BCUT2D eigenvalue weighted by Gasteiger charge is 2.12. The summed E-state index contributed by atoms with van der Waals surface area (Å²) in [7, 11) is 2.00. The predicted molar refractivity (Wildman–Crippen MR) is 58.9 cm³/mol.